The molecule has 0 fully saturated rings. The molecule has 4 nitrogen and oxygen atoms in total. The molecular formula is C47H91NO3. The molecule has 0 aliphatic rings. The fourth-order valence-electron chi connectivity index (χ4n) is 7.16. The minimum atomic E-state index is -0.657. The summed E-state index contributed by atoms with van der Waals surface area (Å²) >= 11 is 0. The number of hydrogen-bond donors (Lipinski definition) is 3. The van der Waals surface area contributed by atoms with Crippen molar-refractivity contribution in [3.05, 3.63) is 24.3 Å². The summed E-state index contributed by atoms with van der Waals surface area (Å²) in [7, 11) is 0. The first-order chi connectivity index (χ1) is 25.2. The van der Waals surface area contributed by atoms with Crippen molar-refractivity contribution >= 4 is 5.91 Å². The monoisotopic (exact) mass is 718 g/mol. The summed E-state index contributed by atoms with van der Waals surface area (Å²) in [6, 6.07) is -0.534. The average Bonchev–Trinajstić information content (AvgIpc) is 3.13. The first kappa shape index (κ1) is 49.9. The fraction of sp³-hybridized carbons (Fsp3) is 0.894. The van der Waals surface area contributed by atoms with E-state index >= 15 is 0 Å². The quantitative estimate of drug-likeness (QED) is 0.0435. The molecule has 0 aliphatic carbocycles. The Bertz CT molecular complexity index is 735. The van der Waals surface area contributed by atoms with Gasteiger partial charge in [0.25, 0.3) is 0 Å². The van der Waals surface area contributed by atoms with Crippen LogP contribution in [0.25, 0.3) is 0 Å². The van der Waals surface area contributed by atoms with Crippen molar-refractivity contribution in [1.82, 2.24) is 5.32 Å². The highest BCUT2D eigenvalue weighted by Gasteiger charge is 2.20. The summed E-state index contributed by atoms with van der Waals surface area (Å²) in [6.45, 7) is 4.36. The molecule has 0 radical (unpaired) electrons. The third-order valence-electron chi connectivity index (χ3n) is 10.7. The van der Waals surface area contributed by atoms with Crippen molar-refractivity contribution in [2.75, 3.05) is 6.61 Å². The molecule has 0 aromatic heterocycles. The second-order valence-corrected chi connectivity index (χ2v) is 15.8. The maximum atomic E-state index is 12.4. The number of hydrogen-bond acceptors (Lipinski definition) is 3. The molecule has 51 heavy (non-hydrogen) atoms. The van der Waals surface area contributed by atoms with Gasteiger partial charge in [-0.3, -0.25) is 4.79 Å². The zero-order valence-electron chi connectivity index (χ0n) is 34.6. The van der Waals surface area contributed by atoms with Gasteiger partial charge < -0.3 is 15.5 Å². The van der Waals surface area contributed by atoms with Crippen LogP contribution in [0.5, 0.6) is 0 Å². The molecule has 1 amide bonds. The van der Waals surface area contributed by atoms with Gasteiger partial charge in [0.05, 0.1) is 18.8 Å². The van der Waals surface area contributed by atoms with Crippen molar-refractivity contribution in [3.8, 4) is 0 Å². The highest BCUT2D eigenvalue weighted by atomic mass is 16.3. The largest absolute Gasteiger partial charge is 0.394 e. The number of amides is 1. The molecule has 0 bridgehead atoms. The van der Waals surface area contributed by atoms with Crippen molar-refractivity contribution in [3.63, 3.8) is 0 Å². The first-order valence-corrected chi connectivity index (χ1v) is 23.0. The van der Waals surface area contributed by atoms with E-state index in [4.69, 9.17) is 0 Å². The van der Waals surface area contributed by atoms with Crippen molar-refractivity contribution in [1.29, 1.82) is 0 Å². The number of carbonyl (C=O) groups is 1. The van der Waals surface area contributed by atoms with Crippen LogP contribution in [0.3, 0.4) is 0 Å². The van der Waals surface area contributed by atoms with Crippen LogP contribution in [0.4, 0.5) is 0 Å². The number of allylic oxidation sites excluding steroid dienone is 4. The van der Waals surface area contributed by atoms with Crippen LogP contribution in [0, 0.1) is 0 Å². The smallest absolute Gasteiger partial charge is 0.220 e. The molecule has 0 rings (SSSR count). The Morgan fingerprint density at radius 2 is 0.804 bits per heavy atom. The fourth-order valence-corrected chi connectivity index (χ4v) is 7.16. The Hall–Kier alpha value is -1.13. The van der Waals surface area contributed by atoms with E-state index in [1.165, 1.54) is 193 Å². The first-order valence-electron chi connectivity index (χ1n) is 23.0. The van der Waals surface area contributed by atoms with Gasteiger partial charge in [0.15, 0.2) is 0 Å². The Morgan fingerprint density at radius 1 is 0.471 bits per heavy atom. The van der Waals surface area contributed by atoms with E-state index in [-0.39, 0.29) is 12.5 Å². The molecule has 0 saturated heterocycles. The Balaban J connectivity index is 3.47. The van der Waals surface area contributed by atoms with Crippen LogP contribution in [0.15, 0.2) is 24.3 Å². The van der Waals surface area contributed by atoms with Crippen molar-refractivity contribution in [2.24, 2.45) is 0 Å². The van der Waals surface area contributed by atoms with Crippen molar-refractivity contribution < 1.29 is 15.0 Å². The number of aliphatic hydroxyl groups is 2. The second kappa shape index (κ2) is 43.3. The molecule has 0 heterocycles. The van der Waals surface area contributed by atoms with E-state index in [0.29, 0.717) is 12.8 Å². The number of unbranched alkanes of at least 4 members (excludes halogenated alkanes) is 31. The lowest BCUT2D eigenvalue weighted by Gasteiger charge is -2.22. The third kappa shape index (κ3) is 39.9. The summed E-state index contributed by atoms with van der Waals surface area (Å²) in [5, 5.41) is 23.1. The SMILES string of the molecule is CCCCCCCCCCC/C=C\C/C=C\CCCCCCCCCCCCCC(=O)NC(CO)C(O)CCCCCCCCCCCCCC. The van der Waals surface area contributed by atoms with E-state index in [1.807, 2.05) is 0 Å². The van der Waals surface area contributed by atoms with E-state index in [9.17, 15) is 15.0 Å². The molecule has 0 spiro atoms. The van der Waals surface area contributed by atoms with Crippen LogP contribution in [0.1, 0.15) is 251 Å². The number of aliphatic hydroxyl groups excluding tert-OH is 2. The molecule has 2 atom stereocenters. The summed E-state index contributed by atoms with van der Waals surface area (Å²) < 4.78 is 0. The summed E-state index contributed by atoms with van der Waals surface area (Å²) in [4.78, 5) is 12.4. The van der Waals surface area contributed by atoms with Gasteiger partial charge in [0.2, 0.25) is 5.91 Å². The molecule has 302 valence electrons. The predicted molar refractivity (Wildman–Crippen MR) is 225 cm³/mol. The van der Waals surface area contributed by atoms with Gasteiger partial charge in [0.1, 0.15) is 0 Å². The topological polar surface area (TPSA) is 69.6 Å². The molecule has 4 heteroatoms. The summed E-state index contributed by atoms with van der Waals surface area (Å²) in [6.07, 6.45) is 55.5. The molecule has 2 unspecified atom stereocenters. The summed E-state index contributed by atoms with van der Waals surface area (Å²) in [5.41, 5.74) is 0. The van der Waals surface area contributed by atoms with Gasteiger partial charge in [-0.2, -0.15) is 0 Å². The molecule has 0 saturated carbocycles. The maximum Gasteiger partial charge on any atom is 0.220 e. The average molecular weight is 718 g/mol. The predicted octanol–water partition coefficient (Wildman–Crippen LogP) is 14.4. The number of nitrogens with one attached hydrogen (secondary N) is 1. The minimum Gasteiger partial charge on any atom is -0.394 e. The summed E-state index contributed by atoms with van der Waals surface area (Å²) in [5.74, 6) is -0.0327. The van der Waals surface area contributed by atoms with Crippen LogP contribution in [0.2, 0.25) is 0 Å². The Labute approximate surface area is 319 Å². The lowest BCUT2D eigenvalue weighted by atomic mass is 10.0. The standard InChI is InChI=1S/C47H91NO3/c1-3-5-7-9-11-13-15-17-18-19-20-21-22-23-24-25-26-27-28-29-30-31-33-35-37-39-41-43-47(51)48-45(44-49)46(50)42-40-38-36-34-32-16-14-12-10-8-6-4-2/h20-21,23-24,45-46,49-50H,3-19,22,25-44H2,1-2H3,(H,48,51)/b21-20-,24-23-. The molecule has 0 aromatic carbocycles. The lowest BCUT2D eigenvalue weighted by Crippen LogP contribution is -2.45. The van der Waals surface area contributed by atoms with E-state index in [1.54, 1.807) is 0 Å². The van der Waals surface area contributed by atoms with Crippen LogP contribution < -0.4 is 5.32 Å². The Kier molecular flexibility index (Phi) is 42.3. The molecule has 3 N–H and O–H groups in total. The van der Waals surface area contributed by atoms with E-state index in [2.05, 4.69) is 43.5 Å². The van der Waals surface area contributed by atoms with Gasteiger partial charge in [0, 0.05) is 6.42 Å². The van der Waals surface area contributed by atoms with Crippen molar-refractivity contribution in [2.45, 2.75) is 264 Å². The Morgan fingerprint density at radius 3 is 1.18 bits per heavy atom. The van der Waals surface area contributed by atoms with Crippen LogP contribution in [-0.4, -0.2) is 34.9 Å². The van der Waals surface area contributed by atoms with Crippen LogP contribution >= 0.6 is 0 Å². The number of rotatable bonds is 42. The zero-order chi connectivity index (χ0) is 37.1. The highest BCUT2D eigenvalue weighted by Crippen LogP contribution is 2.16. The molecule has 0 aliphatic heterocycles. The highest BCUT2D eigenvalue weighted by molar-refractivity contribution is 5.76. The minimum absolute atomic E-state index is 0.0327. The molecular weight excluding hydrogens is 627 g/mol. The normalized spacial score (nSPS) is 13.1. The van der Waals surface area contributed by atoms with E-state index in [0.717, 1.165) is 32.1 Å². The van der Waals surface area contributed by atoms with E-state index < -0.39 is 12.1 Å². The van der Waals surface area contributed by atoms with Gasteiger partial charge >= 0.3 is 0 Å². The number of carbonyl (C=O) groups excluding carboxylic acids is 1. The van der Waals surface area contributed by atoms with Crippen LogP contribution in [-0.2, 0) is 4.79 Å². The van der Waals surface area contributed by atoms with Gasteiger partial charge in [-0.1, -0.05) is 224 Å². The van der Waals surface area contributed by atoms with Gasteiger partial charge in [-0.05, 0) is 44.9 Å². The molecule has 0 aromatic rings. The second-order valence-electron chi connectivity index (χ2n) is 15.8. The maximum absolute atomic E-state index is 12.4. The lowest BCUT2D eigenvalue weighted by molar-refractivity contribution is -0.123. The third-order valence-corrected chi connectivity index (χ3v) is 10.7. The zero-order valence-corrected chi connectivity index (χ0v) is 34.6. The van der Waals surface area contributed by atoms with Gasteiger partial charge in [-0.15, -0.1) is 0 Å². The van der Waals surface area contributed by atoms with Gasteiger partial charge in [-0.25, -0.2) is 0 Å².